The standard InChI is InChI=1S/C16H9ClN4O2S2/c17-14-11(18)2-7(5-20-14)10-6-19-4-8-1-9(23-13(8)10)3-12-15(22)21-16(24)25-12/h1-6H,18H2,(H,21,22,24)/b12-3+. The number of rotatable bonds is 2. The first kappa shape index (κ1) is 16.1. The molecule has 3 aromatic rings. The van der Waals surface area contributed by atoms with Gasteiger partial charge in [-0.15, -0.1) is 0 Å². The average molecular weight is 389 g/mol. The van der Waals surface area contributed by atoms with Gasteiger partial charge >= 0.3 is 0 Å². The molecule has 1 aliphatic heterocycles. The summed E-state index contributed by atoms with van der Waals surface area (Å²) in [7, 11) is 0. The quantitative estimate of drug-likeness (QED) is 0.393. The summed E-state index contributed by atoms with van der Waals surface area (Å²) in [4.78, 5) is 20.6. The molecule has 0 aliphatic carbocycles. The van der Waals surface area contributed by atoms with E-state index in [1.165, 1.54) is 11.8 Å². The molecule has 6 nitrogen and oxygen atoms in total. The summed E-state index contributed by atoms with van der Waals surface area (Å²) < 4.78 is 6.34. The van der Waals surface area contributed by atoms with Crippen molar-refractivity contribution in [2.75, 3.05) is 5.73 Å². The minimum absolute atomic E-state index is 0.233. The molecule has 1 saturated heterocycles. The van der Waals surface area contributed by atoms with Crippen LogP contribution in [0.1, 0.15) is 5.76 Å². The van der Waals surface area contributed by atoms with E-state index in [9.17, 15) is 4.79 Å². The van der Waals surface area contributed by atoms with Gasteiger partial charge < -0.3 is 15.5 Å². The fourth-order valence-corrected chi connectivity index (χ4v) is 3.55. The van der Waals surface area contributed by atoms with Gasteiger partial charge in [0, 0.05) is 41.2 Å². The van der Waals surface area contributed by atoms with E-state index in [1.54, 1.807) is 36.8 Å². The van der Waals surface area contributed by atoms with E-state index in [-0.39, 0.29) is 11.1 Å². The fraction of sp³-hybridized carbons (Fsp3) is 0. The minimum Gasteiger partial charge on any atom is -0.456 e. The lowest BCUT2D eigenvalue weighted by Gasteiger charge is -2.04. The summed E-state index contributed by atoms with van der Waals surface area (Å²) in [6, 6.07) is 3.52. The highest BCUT2D eigenvalue weighted by molar-refractivity contribution is 8.26. The van der Waals surface area contributed by atoms with Crippen LogP contribution in [-0.4, -0.2) is 20.2 Å². The van der Waals surface area contributed by atoms with Gasteiger partial charge in [-0.05, 0) is 12.1 Å². The Hall–Kier alpha value is -2.42. The Kier molecular flexibility index (Phi) is 3.95. The second-order valence-corrected chi connectivity index (χ2v) is 7.29. The van der Waals surface area contributed by atoms with Crippen LogP contribution in [0.5, 0.6) is 0 Å². The predicted octanol–water partition coefficient (Wildman–Crippen LogP) is 3.61. The SMILES string of the molecule is Nc1cc(-c2cncc3cc(/C=C4/SC(=S)NC4=O)oc23)cnc1Cl. The zero-order chi connectivity index (χ0) is 17.6. The lowest BCUT2D eigenvalue weighted by Crippen LogP contribution is -2.17. The zero-order valence-electron chi connectivity index (χ0n) is 12.4. The minimum atomic E-state index is -0.233. The van der Waals surface area contributed by atoms with Gasteiger partial charge in [0.15, 0.2) is 5.15 Å². The summed E-state index contributed by atoms with van der Waals surface area (Å²) in [5.41, 5.74) is 8.30. The molecule has 4 rings (SSSR count). The van der Waals surface area contributed by atoms with E-state index >= 15 is 0 Å². The zero-order valence-corrected chi connectivity index (χ0v) is 14.8. The van der Waals surface area contributed by atoms with Crippen molar-refractivity contribution in [2.45, 2.75) is 0 Å². The van der Waals surface area contributed by atoms with Crippen LogP contribution in [0.2, 0.25) is 5.15 Å². The molecule has 0 radical (unpaired) electrons. The number of furan rings is 1. The van der Waals surface area contributed by atoms with Crippen molar-refractivity contribution in [1.29, 1.82) is 0 Å². The summed E-state index contributed by atoms with van der Waals surface area (Å²) >= 11 is 12.1. The number of carbonyl (C=O) groups is 1. The molecule has 9 heteroatoms. The van der Waals surface area contributed by atoms with Crippen molar-refractivity contribution in [3.8, 4) is 11.1 Å². The number of hydrogen-bond acceptors (Lipinski definition) is 7. The van der Waals surface area contributed by atoms with Crippen molar-refractivity contribution in [1.82, 2.24) is 15.3 Å². The predicted molar refractivity (Wildman–Crippen MR) is 103 cm³/mol. The smallest absolute Gasteiger partial charge is 0.263 e. The molecule has 25 heavy (non-hydrogen) atoms. The van der Waals surface area contributed by atoms with Crippen LogP contribution in [-0.2, 0) is 4.79 Å². The summed E-state index contributed by atoms with van der Waals surface area (Å²) in [6.07, 6.45) is 6.61. The van der Waals surface area contributed by atoms with Gasteiger partial charge in [0.2, 0.25) is 0 Å². The van der Waals surface area contributed by atoms with E-state index in [2.05, 4.69) is 15.3 Å². The highest BCUT2D eigenvalue weighted by Crippen LogP contribution is 2.33. The largest absolute Gasteiger partial charge is 0.456 e. The maximum absolute atomic E-state index is 11.8. The van der Waals surface area contributed by atoms with Gasteiger partial charge in [-0.25, -0.2) is 4.98 Å². The molecular weight excluding hydrogens is 380 g/mol. The van der Waals surface area contributed by atoms with Gasteiger partial charge in [-0.2, -0.15) is 0 Å². The number of thiocarbonyl (C=S) groups is 1. The van der Waals surface area contributed by atoms with Crippen LogP contribution in [0.15, 0.2) is 40.0 Å². The van der Waals surface area contributed by atoms with Crippen LogP contribution in [0.4, 0.5) is 5.69 Å². The van der Waals surface area contributed by atoms with Crippen molar-refractivity contribution < 1.29 is 9.21 Å². The van der Waals surface area contributed by atoms with Crippen molar-refractivity contribution in [2.24, 2.45) is 0 Å². The second-order valence-electron chi connectivity index (χ2n) is 5.21. The Morgan fingerprint density at radius 3 is 2.88 bits per heavy atom. The summed E-state index contributed by atoms with van der Waals surface area (Å²) in [6.45, 7) is 0. The van der Waals surface area contributed by atoms with Crippen LogP contribution in [0, 0.1) is 0 Å². The highest BCUT2D eigenvalue weighted by atomic mass is 35.5. The van der Waals surface area contributed by atoms with Crippen molar-refractivity contribution >= 4 is 68.5 Å². The number of nitrogens with zero attached hydrogens (tertiary/aromatic N) is 2. The van der Waals surface area contributed by atoms with E-state index in [0.29, 0.717) is 26.3 Å². The molecule has 124 valence electrons. The number of anilines is 1. The molecule has 4 heterocycles. The topological polar surface area (TPSA) is 94.0 Å². The van der Waals surface area contributed by atoms with E-state index in [4.69, 9.17) is 34.0 Å². The van der Waals surface area contributed by atoms with Gasteiger partial charge in [0.25, 0.3) is 5.91 Å². The van der Waals surface area contributed by atoms with E-state index in [0.717, 1.165) is 16.5 Å². The van der Waals surface area contributed by atoms with Gasteiger partial charge in [0.1, 0.15) is 15.7 Å². The maximum Gasteiger partial charge on any atom is 0.263 e. The summed E-state index contributed by atoms with van der Waals surface area (Å²) in [5.74, 6) is 0.296. The second kappa shape index (κ2) is 6.14. The van der Waals surface area contributed by atoms with Gasteiger partial charge in [-0.1, -0.05) is 35.6 Å². The number of pyridine rings is 2. The van der Waals surface area contributed by atoms with Gasteiger partial charge in [-0.3, -0.25) is 9.78 Å². The van der Waals surface area contributed by atoms with Crippen LogP contribution in [0.3, 0.4) is 0 Å². The number of amides is 1. The Balaban J connectivity index is 1.81. The number of nitrogens with one attached hydrogen (secondary N) is 1. The number of fused-ring (bicyclic) bond motifs is 1. The van der Waals surface area contributed by atoms with E-state index in [1.807, 2.05) is 0 Å². The number of nitrogens with two attached hydrogens (primary N) is 1. The number of hydrogen-bond donors (Lipinski definition) is 2. The first-order valence-electron chi connectivity index (χ1n) is 7.05. The highest BCUT2D eigenvalue weighted by Gasteiger charge is 2.23. The number of halogens is 1. The first-order chi connectivity index (χ1) is 12.0. The number of aromatic nitrogens is 2. The maximum atomic E-state index is 11.8. The van der Waals surface area contributed by atoms with Crippen LogP contribution < -0.4 is 11.1 Å². The van der Waals surface area contributed by atoms with Gasteiger partial charge in [0.05, 0.1) is 10.6 Å². The fourth-order valence-electron chi connectivity index (χ4n) is 2.42. The molecule has 3 aromatic heterocycles. The molecule has 0 saturated carbocycles. The molecular formula is C16H9ClN4O2S2. The Morgan fingerprint density at radius 2 is 2.16 bits per heavy atom. The lowest BCUT2D eigenvalue weighted by atomic mass is 10.1. The van der Waals surface area contributed by atoms with Crippen LogP contribution >= 0.6 is 35.6 Å². The summed E-state index contributed by atoms with van der Waals surface area (Å²) in [5, 5.41) is 3.61. The molecule has 0 bridgehead atoms. The third-order valence-corrected chi connectivity index (χ3v) is 5.01. The number of nitrogen functional groups attached to an aromatic ring is 1. The van der Waals surface area contributed by atoms with Crippen molar-refractivity contribution in [3.05, 3.63) is 46.5 Å². The molecule has 0 atom stereocenters. The third kappa shape index (κ3) is 2.99. The Morgan fingerprint density at radius 1 is 1.32 bits per heavy atom. The number of carbonyl (C=O) groups excluding carboxylic acids is 1. The van der Waals surface area contributed by atoms with Crippen LogP contribution in [0.25, 0.3) is 28.2 Å². The molecule has 3 N–H and O–H groups in total. The lowest BCUT2D eigenvalue weighted by molar-refractivity contribution is -0.115. The monoisotopic (exact) mass is 388 g/mol. The molecule has 1 amide bonds. The normalized spacial score (nSPS) is 16.0. The van der Waals surface area contributed by atoms with Crippen molar-refractivity contribution in [3.63, 3.8) is 0 Å². The average Bonchev–Trinajstić information content (AvgIpc) is 3.12. The van der Waals surface area contributed by atoms with E-state index < -0.39 is 0 Å². The Bertz CT molecular complexity index is 1080. The molecule has 0 unspecified atom stereocenters. The molecule has 1 aliphatic rings. The molecule has 1 fully saturated rings. The molecule has 0 aromatic carbocycles. The Labute approximate surface area is 156 Å². The third-order valence-electron chi connectivity index (χ3n) is 3.53. The first-order valence-corrected chi connectivity index (χ1v) is 8.65. The number of thioether (sulfide) groups is 1. The molecule has 0 spiro atoms.